The number of amides is 1. The maximum atomic E-state index is 13.2. The smallest absolute Gasteiger partial charge is 0.229 e. The van der Waals surface area contributed by atoms with E-state index in [0.717, 1.165) is 17.8 Å². The van der Waals surface area contributed by atoms with Gasteiger partial charge in [0.05, 0.1) is 18.3 Å². The van der Waals surface area contributed by atoms with Crippen molar-refractivity contribution in [2.45, 2.75) is 19.8 Å². The van der Waals surface area contributed by atoms with Crippen LogP contribution in [-0.2, 0) is 17.6 Å². The van der Waals surface area contributed by atoms with Crippen molar-refractivity contribution in [2.75, 3.05) is 10.6 Å². The Morgan fingerprint density at radius 3 is 2.42 bits per heavy atom. The molecule has 0 unspecified atom stereocenters. The molecule has 1 heterocycles. The number of aryl methyl sites for hydroxylation is 1. The Morgan fingerprint density at radius 1 is 1.00 bits per heavy atom. The van der Waals surface area contributed by atoms with Crippen molar-refractivity contribution in [3.05, 3.63) is 83.8 Å². The molecule has 2 aromatic carbocycles. The van der Waals surface area contributed by atoms with Gasteiger partial charge in [0.1, 0.15) is 11.6 Å². The van der Waals surface area contributed by atoms with Gasteiger partial charge in [0.2, 0.25) is 5.91 Å². The topological polar surface area (TPSA) is 54.0 Å². The second kappa shape index (κ2) is 8.25. The van der Waals surface area contributed by atoms with Crippen molar-refractivity contribution in [1.29, 1.82) is 0 Å². The van der Waals surface area contributed by atoms with Crippen molar-refractivity contribution in [3.63, 3.8) is 0 Å². The lowest BCUT2D eigenvalue weighted by Gasteiger charge is -2.09. The van der Waals surface area contributed by atoms with E-state index < -0.39 is 0 Å². The molecule has 0 bridgehead atoms. The van der Waals surface area contributed by atoms with Crippen LogP contribution in [0.3, 0.4) is 0 Å². The molecule has 0 radical (unpaired) electrons. The van der Waals surface area contributed by atoms with Crippen LogP contribution in [0.5, 0.6) is 0 Å². The van der Waals surface area contributed by atoms with Gasteiger partial charge >= 0.3 is 0 Å². The molecule has 0 saturated heterocycles. The lowest BCUT2D eigenvalue weighted by atomic mass is 10.1. The summed E-state index contributed by atoms with van der Waals surface area (Å²) in [7, 11) is 0. The summed E-state index contributed by atoms with van der Waals surface area (Å²) < 4.78 is 13.2. The van der Waals surface area contributed by atoms with E-state index in [1.165, 1.54) is 17.7 Å². The summed E-state index contributed by atoms with van der Waals surface area (Å²) in [4.78, 5) is 16.3. The fourth-order valence-corrected chi connectivity index (χ4v) is 2.55. The maximum absolute atomic E-state index is 13.2. The Morgan fingerprint density at radius 2 is 1.77 bits per heavy atom. The fraction of sp³-hybridized carbons (Fsp3) is 0.143. The average molecular weight is 349 g/mol. The van der Waals surface area contributed by atoms with Crippen LogP contribution in [0.1, 0.15) is 18.1 Å². The highest BCUT2D eigenvalue weighted by Crippen LogP contribution is 2.18. The van der Waals surface area contributed by atoms with Gasteiger partial charge in [-0.05, 0) is 53.9 Å². The predicted molar refractivity (Wildman–Crippen MR) is 102 cm³/mol. The van der Waals surface area contributed by atoms with Gasteiger partial charge in [-0.1, -0.05) is 31.2 Å². The standard InChI is InChI=1S/C21H20FN3O/c1-2-15-6-8-18(9-7-15)24-19-10-11-20(23-14-19)25-21(26)13-16-4-3-5-17(22)12-16/h3-12,14,24H,2,13H2,1H3,(H,23,25,26). The fourth-order valence-electron chi connectivity index (χ4n) is 2.55. The number of aromatic nitrogens is 1. The minimum atomic E-state index is -0.351. The van der Waals surface area contributed by atoms with E-state index in [2.05, 4.69) is 34.7 Å². The summed E-state index contributed by atoms with van der Waals surface area (Å²) in [5, 5.41) is 5.98. The molecule has 0 aliphatic carbocycles. The highest BCUT2D eigenvalue weighted by molar-refractivity contribution is 5.91. The monoisotopic (exact) mass is 349 g/mol. The summed E-state index contributed by atoms with van der Waals surface area (Å²) in [5.41, 5.74) is 3.71. The van der Waals surface area contributed by atoms with E-state index >= 15 is 0 Å². The van der Waals surface area contributed by atoms with Gasteiger partial charge in [-0.3, -0.25) is 4.79 Å². The number of anilines is 3. The third kappa shape index (κ3) is 4.89. The zero-order valence-electron chi connectivity index (χ0n) is 14.5. The van der Waals surface area contributed by atoms with E-state index in [-0.39, 0.29) is 18.1 Å². The molecule has 5 heteroatoms. The Labute approximate surface area is 152 Å². The minimum Gasteiger partial charge on any atom is -0.354 e. The molecule has 0 atom stereocenters. The molecular weight excluding hydrogens is 329 g/mol. The normalized spacial score (nSPS) is 10.4. The zero-order valence-corrected chi connectivity index (χ0v) is 14.5. The first-order valence-corrected chi connectivity index (χ1v) is 8.48. The first-order chi connectivity index (χ1) is 12.6. The lowest BCUT2D eigenvalue weighted by molar-refractivity contribution is -0.115. The summed E-state index contributed by atoms with van der Waals surface area (Å²) in [6, 6.07) is 17.8. The summed E-state index contributed by atoms with van der Waals surface area (Å²) >= 11 is 0. The minimum absolute atomic E-state index is 0.100. The molecule has 2 N–H and O–H groups in total. The zero-order chi connectivity index (χ0) is 18.4. The molecule has 26 heavy (non-hydrogen) atoms. The second-order valence-electron chi connectivity index (χ2n) is 5.96. The molecule has 132 valence electrons. The lowest BCUT2D eigenvalue weighted by Crippen LogP contribution is -2.15. The van der Waals surface area contributed by atoms with Crippen molar-refractivity contribution in [3.8, 4) is 0 Å². The van der Waals surface area contributed by atoms with Crippen LogP contribution in [-0.4, -0.2) is 10.9 Å². The molecule has 0 spiro atoms. The van der Waals surface area contributed by atoms with Crippen molar-refractivity contribution >= 4 is 23.1 Å². The molecule has 0 fully saturated rings. The average Bonchev–Trinajstić information content (AvgIpc) is 2.64. The van der Waals surface area contributed by atoms with E-state index in [1.54, 1.807) is 24.4 Å². The Bertz CT molecular complexity index is 877. The van der Waals surface area contributed by atoms with Crippen LogP contribution in [0, 0.1) is 5.82 Å². The quantitative estimate of drug-likeness (QED) is 0.678. The van der Waals surface area contributed by atoms with Gasteiger partial charge in [-0.2, -0.15) is 0 Å². The van der Waals surface area contributed by atoms with Gasteiger partial charge in [-0.15, -0.1) is 0 Å². The predicted octanol–water partition coefficient (Wildman–Crippen LogP) is 4.71. The van der Waals surface area contributed by atoms with Gasteiger partial charge < -0.3 is 10.6 Å². The van der Waals surface area contributed by atoms with Gasteiger partial charge in [0.25, 0.3) is 0 Å². The molecule has 0 saturated carbocycles. The first kappa shape index (κ1) is 17.6. The Balaban J connectivity index is 1.57. The van der Waals surface area contributed by atoms with Gasteiger partial charge in [0.15, 0.2) is 0 Å². The molecule has 3 aromatic rings. The molecule has 0 aliphatic heterocycles. The number of hydrogen-bond acceptors (Lipinski definition) is 3. The number of pyridine rings is 1. The van der Waals surface area contributed by atoms with Crippen LogP contribution < -0.4 is 10.6 Å². The van der Waals surface area contributed by atoms with E-state index in [9.17, 15) is 9.18 Å². The van der Waals surface area contributed by atoms with Crippen LogP contribution >= 0.6 is 0 Å². The number of nitrogens with zero attached hydrogens (tertiary/aromatic N) is 1. The van der Waals surface area contributed by atoms with Crippen LogP contribution in [0.25, 0.3) is 0 Å². The highest BCUT2D eigenvalue weighted by Gasteiger charge is 2.06. The largest absolute Gasteiger partial charge is 0.354 e. The Hall–Kier alpha value is -3.21. The number of rotatable bonds is 6. The van der Waals surface area contributed by atoms with E-state index in [0.29, 0.717) is 11.4 Å². The molecule has 1 amide bonds. The SMILES string of the molecule is CCc1ccc(Nc2ccc(NC(=O)Cc3cccc(F)c3)nc2)cc1. The van der Waals surface area contributed by atoms with Crippen molar-refractivity contribution in [1.82, 2.24) is 4.98 Å². The molecule has 1 aromatic heterocycles. The van der Waals surface area contributed by atoms with Gasteiger partial charge in [0, 0.05) is 5.69 Å². The van der Waals surface area contributed by atoms with Crippen LogP contribution in [0.15, 0.2) is 66.9 Å². The third-order valence-electron chi connectivity index (χ3n) is 3.94. The molecule has 4 nitrogen and oxygen atoms in total. The van der Waals surface area contributed by atoms with E-state index in [4.69, 9.17) is 0 Å². The van der Waals surface area contributed by atoms with Crippen molar-refractivity contribution < 1.29 is 9.18 Å². The summed E-state index contributed by atoms with van der Waals surface area (Å²) in [5.74, 6) is -0.131. The number of nitrogens with one attached hydrogen (secondary N) is 2. The highest BCUT2D eigenvalue weighted by atomic mass is 19.1. The molecule has 3 rings (SSSR count). The number of hydrogen-bond donors (Lipinski definition) is 2. The van der Waals surface area contributed by atoms with E-state index in [1.807, 2.05) is 18.2 Å². The Kier molecular flexibility index (Phi) is 5.59. The summed E-state index contributed by atoms with van der Waals surface area (Å²) in [6.45, 7) is 2.12. The summed E-state index contributed by atoms with van der Waals surface area (Å²) in [6.07, 6.45) is 2.76. The third-order valence-corrected chi connectivity index (χ3v) is 3.94. The molecule has 0 aliphatic rings. The number of benzene rings is 2. The number of carbonyl (C=O) groups is 1. The van der Waals surface area contributed by atoms with Crippen LogP contribution in [0.4, 0.5) is 21.6 Å². The number of halogens is 1. The first-order valence-electron chi connectivity index (χ1n) is 8.48. The number of carbonyl (C=O) groups excluding carboxylic acids is 1. The van der Waals surface area contributed by atoms with Gasteiger partial charge in [-0.25, -0.2) is 9.37 Å². The molecular formula is C21H20FN3O. The maximum Gasteiger partial charge on any atom is 0.229 e. The van der Waals surface area contributed by atoms with Crippen molar-refractivity contribution in [2.24, 2.45) is 0 Å². The van der Waals surface area contributed by atoms with Crippen LogP contribution in [0.2, 0.25) is 0 Å². The second-order valence-corrected chi connectivity index (χ2v) is 5.96.